The molecule has 2 heteroatoms. The van der Waals surface area contributed by atoms with Crippen molar-refractivity contribution in [2.24, 2.45) is 0 Å². The van der Waals surface area contributed by atoms with E-state index in [1.807, 2.05) is 0 Å². The molecule has 48 valence electrons. The Labute approximate surface area is 63.0 Å². The van der Waals surface area contributed by atoms with Crippen LogP contribution in [0.15, 0.2) is 0 Å². The van der Waals surface area contributed by atoms with Crippen molar-refractivity contribution in [2.45, 2.75) is 31.4 Å². The van der Waals surface area contributed by atoms with Crippen LogP contribution in [-0.2, 0) is 0 Å². The van der Waals surface area contributed by atoms with Crippen molar-refractivity contribution in [1.82, 2.24) is 0 Å². The molecule has 1 fully saturated rings. The van der Waals surface area contributed by atoms with Gasteiger partial charge in [0.15, 0.2) is 0 Å². The second-order valence-electron chi connectivity index (χ2n) is 2.49. The Morgan fingerprint density at radius 1 is 1.38 bits per heavy atom. The first-order valence-corrected chi connectivity index (χ1v) is 4.54. The lowest BCUT2D eigenvalue weighted by atomic mass is 10.1. The molecule has 0 aromatic rings. The van der Waals surface area contributed by atoms with Crippen molar-refractivity contribution < 1.29 is 4.39 Å². The van der Waals surface area contributed by atoms with Crippen molar-refractivity contribution >= 4 is 22.6 Å². The lowest BCUT2D eigenvalue weighted by molar-refractivity contribution is 0.210. The van der Waals surface area contributed by atoms with Gasteiger partial charge >= 0.3 is 0 Å². The molecule has 0 N–H and O–H groups in total. The van der Waals surface area contributed by atoms with Gasteiger partial charge in [0.05, 0.1) is 0 Å². The fraction of sp³-hybridized carbons (Fsp3) is 1.00. The van der Waals surface area contributed by atoms with Crippen molar-refractivity contribution in [3.8, 4) is 0 Å². The summed E-state index contributed by atoms with van der Waals surface area (Å²) < 4.78 is 13.7. The van der Waals surface area contributed by atoms with Crippen LogP contribution in [0.1, 0.15) is 25.7 Å². The van der Waals surface area contributed by atoms with Gasteiger partial charge in [0.2, 0.25) is 0 Å². The molecule has 0 amide bonds. The van der Waals surface area contributed by atoms with Gasteiger partial charge in [-0.05, 0) is 12.8 Å². The highest BCUT2D eigenvalue weighted by Gasteiger charge is 2.31. The minimum atomic E-state index is -0.777. The molecule has 0 atom stereocenters. The van der Waals surface area contributed by atoms with E-state index < -0.39 is 5.67 Å². The first-order chi connectivity index (χ1) is 3.77. The van der Waals surface area contributed by atoms with Gasteiger partial charge in [-0.2, -0.15) is 0 Å². The molecule has 1 saturated carbocycles. The first-order valence-electron chi connectivity index (χ1n) is 3.02. The summed E-state index contributed by atoms with van der Waals surface area (Å²) in [7, 11) is 0. The quantitative estimate of drug-likeness (QED) is 0.478. The highest BCUT2D eigenvalue weighted by atomic mass is 127. The van der Waals surface area contributed by atoms with Crippen molar-refractivity contribution in [3.63, 3.8) is 0 Å². The minimum Gasteiger partial charge on any atom is -0.243 e. The fourth-order valence-corrected chi connectivity index (χ4v) is 1.91. The molecule has 8 heavy (non-hydrogen) atoms. The molecule has 0 aromatic heterocycles. The van der Waals surface area contributed by atoms with Gasteiger partial charge in [0.1, 0.15) is 5.67 Å². The normalized spacial score (nSPS) is 26.2. The van der Waals surface area contributed by atoms with E-state index in [1.54, 1.807) is 0 Å². The molecule has 0 saturated heterocycles. The van der Waals surface area contributed by atoms with Gasteiger partial charge in [-0.15, -0.1) is 0 Å². The predicted molar refractivity (Wildman–Crippen MR) is 41.2 cm³/mol. The average molecular weight is 228 g/mol. The Morgan fingerprint density at radius 2 is 1.88 bits per heavy atom. The summed E-state index contributed by atoms with van der Waals surface area (Å²) >= 11 is 2.13. The second kappa shape index (κ2) is 2.50. The highest BCUT2D eigenvalue weighted by Crippen LogP contribution is 2.34. The van der Waals surface area contributed by atoms with Gasteiger partial charge in [0.25, 0.3) is 0 Å². The van der Waals surface area contributed by atoms with E-state index in [0.29, 0.717) is 4.43 Å². The topological polar surface area (TPSA) is 0 Å². The number of hydrogen-bond donors (Lipinski definition) is 0. The van der Waals surface area contributed by atoms with Crippen LogP contribution in [-0.4, -0.2) is 10.1 Å². The minimum absolute atomic E-state index is 0.685. The summed E-state index contributed by atoms with van der Waals surface area (Å²) in [5, 5.41) is 0. The Bertz CT molecular complexity index is 76.6. The number of alkyl halides is 2. The lowest BCUT2D eigenvalue weighted by Crippen LogP contribution is -2.18. The van der Waals surface area contributed by atoms with Crippen LogP contribution < -0.4 is 0 Å². The summed E-state index contributed by atoms with van der Waals surface area (Å²) in [6, 6.07) is 0. The maximum atomic E-state index is 13.0. The largest absolute Gasteiger partial charge is 0.243 e. The Balaban J connectivity index is 2.40. The van der Waals surface area contributed by atoms with Crippen LogP contribution in [0.4, 0.5) is 4.39 Å². The van der Waals surface area contributed by atoms with Gasteiger partial charge in [-0.25, -0.2) is 4.39 Å². The van der Waals surface area contributed by atoms with E-state index in [4.69, 9.17) is 0 Å². The predicted octanol–water partition coefficient (Wildman–Crippen LogP) is 2.70. The summed E-state index contributed by atoms with van der Waals surface area (Å²) in [4.78, 5) is 0. The molecular formula is C6H10FI. The molecule has 1 aliphatic rings. The highest BCUT2D eigenvalue weighted by molar-refractivity contribution is 14.1. The molecule has 0 radical (unpaired) electrons. The maximum absolute atomic E-state index is 13.0. The van der Waals surface area contributed by atoms with Gasteiger partial charge in [-0.3, -0.25) is 0 Å². The molecule has 0 unspecified atom stereocenters. The maximum Gasteiger partial charge on any atom is 0.120 e. The average Bonchev–Trinajstić information content (AvgIpc) is 2.17. The second-order valence-corrected chi connectivity index (χ2v) is 3.25. The number of rotatable bonds is 1. The Hall–Kier alpha value is 0.660. The fourth-order valence-electron chi connectivity index (χ4n) is 1.14. The zero-order valence-corrected chi connectivity index (χ0v) is 6.95. The Kier molecular flexibility index (Phi) is 2.12. The van der Waals surface area contributed by atoms with Gasteiger partial charge in [-0.1, -0.05) is 35.4 Å². The third kappa shape index (κ3) is 1.33. The van der Waals surface area contributed by atoms with Crippen LogP contribution in [0, 0.1) is 0 Å². The van der Waals surface area contributed by atoms with E-state index in [1.165, 1.54) is 0 Å². The molecule has 0 heterocycles. The van der Waals surface area contributed by atoms with Crippen LogP contribution in [0.5, 0.6) is 0 Å². The lowest BCUT2D eigenvalue weighted by Gasteiger charge is -2.13. The third-order valence-corrected chi connectivity index (χ3v) is 3.11. The van der Waals surface area contributed by atoms with E-state index >= 15 is 0 Å². The van der Waals surface area contributed by atoms with Gasteiger partial charge in [0, 0.05) is 4.43 Å². The monoisotopic (exact) mass is 228 g/mol. The van der Waals surface area contributed by atoms with E-state index in [0.717, 1.165) is 25.7 Å². The van der Waals surface area contributed by atoms with Crippen LogP contribution in [0.3, 0.4) is 0 Å². The van der Waals surface area contributed by atoms with E-state index in [-0.39, 0.29) is 0 Å². The summed E-state index contributed by atoms with van der Waals surface area (Å²) in [5.74, 6) is 0. The molecule has 0 spiro atoms. The van der Waals surface area contributed by atoms with E-state index in [2.05, 4.69) is 22.6 Å². The van der Waals surface area contributed by atoms with Gasteiger partial charge < -0.3 is 0 Å². The SMILES string of the molecule is FC1(CI)CCCC1. The molecular weight excluding hydrogens is 218 g/mol. The first kappa shape index (κ1) is 6.78. The van der Waals surface area contributed by atoms with Crippen LogP contribution in [0.2, 0.25) is 0 Å². The zero-order chi connectivity index (χ0) is 6.04. The summed E-state index contributed by atoms with van der Waals surface area (Å²) in [6.45, 7) is 0. The van der Waals surface area contributed by atoms with Crippen molar-refractivity contribution in [1.29, 1.82) is 0 Å². The molecule has 0 aliphatic heterocycles. The number of halogens is 2. The Morgan fingerprint density at radius 3 is 2.12 bits per heavy atom. The summed E-state index contributed by atoms with van der Waals surface area (Å²) in [5.41, 5.74) is -0.777. The van der Waals surface area contributed by atoms with Crippen molar-refractivity contribution in [2.75, 3.05) is 4.43 Å². The van der Waals surface area contributed by atoms with Crippen LogP contribution in [0.25, 0.3) is 0 Å². The molecule has 0 nitrogen and oxygen atoms in total. The smallest absolute Gasteiger partial charge is 0.120 e. The standard InChI is InChI=1S/C6H10FI/c7-6(5-8)3-1-2-4-6/h1-5H2. The van der Waals surface area contributed by atoms with E-state index in [9.17, 15) is 4.39 Å². The molecule has 0 aromatic carbocycles. The third-order valence-electron chi connectivity index (χ3n) is 1.74. The molecule has 0 bridgehead atoms. The zero-order valence-electron chi connectivity index (χ0n) is 4.79. The van der Waals surface area contributed by atoms with Crippen molar-refractivity contribution in [3.05, 3.63) is 0 Å². The van der Waals surface area contributed by atoms with Crippen LogP contribution >= 0.6 is 22.6 Å². The number of hydrogen-bond acceptors (Lipinski definition) is 0. The summed E-state index contributed by atoms with van der Waals surface area (Å²) in [6.07, 6.45) is 3.80. The molecule has 1 aliphatic carbocycles. The molecule has 1 rings (SSSR count).